The van der Waals surface area contributed by atoms with E-state index < -0.39 is 11.9 Å². The fourth-order valence-corrected chi connectivity index (χ4v) is 2.33. The van der Waals surface area contributed by atoms with Crippen LogP contribution in [0.3, 0.4) is 0 Å². The van der Waals surface area contributed by atoms with Crippen LogP contribution in [0, 0.1) is 0 Å². The molecule has 0 saturated heterocycles. The van der Waals surface area contributed by atoms with Gasteiger partial charge in [-0.3, -0.25) is 9.78 Å². The van der Waals surface area contributed by atoms with Gasteiger partial charge in [0.1, 0.15) is 5.69 Å². The molecule has 2 heterocycles. The Bertz CT molecular complexity index is 755. The molecule has 1 amide bonds. The highest BCUT2D eigenvalue weighted by Gasteiger charge is 2.33. The smallest absolute Gasteiger partial charge is 0.379 e. The number of carbonyl (C=O) groups is 1. The molecular formula is C19H22F3N3O3. The molecule has 0 aliphatic heterocycles. The fourth-order valence-electron chi connectivity index (χ4n) is 2.33. The summed E-state index contributed by atoms with van der Waals surface area (Å²) in [5, 5.41) is 2.68. The number of amides is 1. The molecule has 28 heavy (non-hydrogen) atoms. The van der Waals surface area contributed by atoms with Gasteiger partial charge in [0.25, 0.3) is 0 Å². The van der Waals surface area contributed by atoms with Gasteiger partial charge in [0.15, 0.2) is 0 Å². The molecule has 0 aliphatic carbocycles. The number of halogens is 3. The van der Waals surface area contributed by atoms with Crippen LogP contribution in [-0.2, 0) is 40.0 Å². The molecule has 0 fully saturated rings. The summed E-state index contributed by atoms with van der Waals surface area (Å²) in [6, 6.07) is 7.43. The number of pyridine rings is 2. The van der Waals surface area contributed by atoms with Gasteiger partial charge in [-0.2, -0.15) is 13.2 Å². The highest BCUT2D eigenvalue weighted by atomic mass is 19.4. The minimum atomic E-state index is -4.55. The summed E-state index contributed by atoms with van der Waals surface area (Å²) in [6.45, 7) is 2.87. The predicted octanol–water partition coefficient (Wildman–Crippen LogP) is 2.91. The van der Waals surface area contributed by atoms with E-state index in [1.54, 1.807) is 24.4 Å². The molecule has 0 aliphatic rings. The van der Waals surface area contributed by atoms with Gasteiger partial charge in [-0.15, -0.1) is 0 Å². The van der Waals surface area contributed by atoms with Crippen LogP contribution in [0.1, 0.15) is 29.6 Å². The van der Waals surface area contributed by atoms with E-state index in [-0.39, 0.29) is 37.8 Å². The molecule has 2 rings (SSSR count). The first kappa shape index (κ1) is 21.8. The SMILES string of the molecule is CCOCCOCc1nc(C(F)(F)F)ccc1CNC(=O)Cc1ccccn1. The van der Waals surface area contributed by atoms with Gasteiger partial charge >= 0.3 is 6.18 Å². The number of hydrogen-bond donors (Lipinski definition) is 1. The highest BCUT2D eigenvalue weighted by molar-refractivity contribution is 5.78. The van der Waals surface area contributed by atoms with Crippen LogP contribution in [0.5, 0.6) is 0 Å². The zero-order chi connectivity index (χ0) is 20.4. The summed E-state index contributed by atoms with van der Waals surface area (Å²) in [5.41, 5.74) is 0.188. The molecule has 1 N–H and O–H groups in total. The first-order valence-corrected chi connectivity index (χ1v) is 8.78. The Morgan fingerprint density at radius 1 is 1.14 bits per heavy atom. The monoisotopic (exact) mass is 397 g/mol. The largest absolute Gasteiger partial charge is 0.433 e. The van der Waals surface area contributed by atoms with Crippen LogP contribution in [0.25, 0.3) is 0 Å². The van der Waals surface area contributed by atoms with E-state index in [2.05, 4.69) is 15.3 Å². The van der Waals surface area contributed by atoms with Gasteiger partial charge in [0.2, 0.25) is 5.91 Å². The fraction of sp³-hybridized carbons (Fsp3) is 0.421. The van der Waals surface area contributed by atoms with Crippen LogP contribution >= 0.6 is 0 Å². The Morgan fingerprint density at radius 2 is 1.93 bits per heavy atom. The Labute approximate surface area is 161 Å². The average molecular weight is 397 g/mol. The van der Waals surface area contributed by atoms with E-state index in [0.717, 1.165) is 6.07 Å². The zero-order valence-electron chi connectivity index (χ0n) is 15.5. The third kappa shape index (κ3) is 7.24. The molecule has 0 bridgehead atoms. The topological polar surface area (TPSA) is 73.3 Å². The zero-order valence-corrected chi connectivity index (χ0v) is 15.5. The van der Waals surface area contributed by atoms with Gasteiger partial charge in [-0.05, 0) is 30.7 Å². The van der Waals surface area contributed by atoms with Crippen molar-refractivity contribution in [2.24, 2.45) is 0 Å². The first-order chi connectivity index (χ1) is 13.4. The van der Waals surface area contributed by atoms with Gasteiger partial charge in [0.05, 0.1) is 31.9 Å². The van der Waals surface area contributed by atoms with Crippen LogP contribution in [0.4, 0.5) is 13.2 Å². The number of carbonyl (C=O) groups excluding carboxylic acids is 1. The van der Waals surface area contributed by atoms with Crippen molar-refractivity contribution in [1.82, 2.24) is 15.3 Å². The molecule has 9 heteroatoms. The molecule has 152 valence electrons. The van der Waals surface area contributed by atoms with Gasteiger partial charge < -0.3 is 14.8 Å². The first-order valence-electron chi connectivity index (χ1n) is 8.78. The number of rotatable bonds is 10. The number of nitrogens with one attached hydrogen (secondary N) is 1. The second-order valence-electron chi connectivity index (χ2n) is 5.82. The second-order valence-corrected chi connectivity index (χ2v) is 5.82. The summed E-state index contributed by atoms with van der Waals surface area (Å²) < 4.78 is 49.3. The third-order valence-electron chi connectivity index (χ3n) is 3.72. The summed E-state index contributed by atoms with van der Waals surface area (Å²) in [4.78, 5) is 19.8. The molecule has 0 unspecified atom stereocenters. The lowest BCUT2D eigenvalue weighted by atomic mass is 10.1. The van der Waals surface area contributed by atoms with E-state index in [0.29, 0.717) is 24.5 Å². The van der Waals surface area contributed by atoms with Crippen molar-refractivity contribution in [2.75, 3.05) is 19.8 Å². The summed E-state index contributed by atoms with van der Waals surface area (Å²) in [6.07, 6.45) is -2.89. The lowest BCUT2D eigenvalue weighted by Gasteiger charge is -2.14. The van der Waals surface area contributed by atoms with Crippen LogP contribution in [0.15, 0.2) is 36.5 Å². The molecule has 0 radical (unpaired) electrons. The Hall–Kier alpha value is -2.52. The van der Waals surface area contributed by atoms with Gasteiger partial charge in [0, 0.05) is 25.0 Å². The molecule has 0 aromatic carbocycles. The molecule has 2 aromatic heterocycles. The normalized spacial score (nSPS) is 11.4. The lowest BCUT2D eigenvalue weighted by molar-refractivity contribution is -0.141. The van der Waals surface area contributed by atoms with Crippen LogP contribution < -0.4 is 5.32 Å². The van der Waals surface area contributed by atoms with E-state index >= 15 is 0 Å². The summed E-state index contributed by atoms with van der Waals surface area (Å²) in [5.74, 6) is -0.290. The molecular weight excluding hydrogens is 375 g/mol. The summed E-state index contributed by atoms with van der Waals surface area (Å²) in [7, 11) is 0. The van der Waals surface area contributed by atoms with Crippen LogP contribution in [-0.4, -0.2) is 35.7 Å². The van der Waals surface area contributed by atoms with Gasteiger partial charge in [-0.1, -0.05) is 12.1 Å². The van der Waals surface area contributed by atoms with E-state index in [9.17, 15) is 18.0 Å². The molecule has 6 nitrogen and oxygen atoms in total. The minimum absolute atomic E-state index is 0.0426. The molecule has 2 aromatic rings. The van der Waals surface area contributed by atoms with Crippen molar-refractivity contribution in [3.05, 3.63) is 59.2 Å². The van der Waals surface area contributed by atoms with E-state index in [1.807, 2.05) is 6.92 Å². The molecule has 0 spiro atoms. The lowest BCUT2D eigenvalue weighted by Crippen LogP contribution is -2.26. The maximum absolute atomic E-state index is 12.9. The number of nitrogens with zero attached hydrogens (tertiary/aromatic N) is 2. The summed E-state index contributed by atoms with van der Waals surface area (Å²) >= 11 is 0. The quantitative estimate of drug-likeness (QED) is 0.624. The minimum Gasteiger partial charge on any atom is -0.379 e. The number of hydrogen-bond acceptors (Lipinski definition) is 5. The van der Waals surface area contributed by atoms with Crippen molar-refractivity contribution in [3.8, 4) is 0 Å². The average Bonchev–Trinajstić information content (AvgIpc) is 2.66. The van der Waals surface area contributed by atoms with Crippen molar-refractivity contribution < 1.29 is 27.4 Å². The number of ether oxygens (including phenoxy) is 2. The maximum atomic E-state index is 12.9. The van der Waals surface area contributed by atoms with Crippen LogP contribution in [0.2, 0.25) is 0 Å². The molecule has 0 saturated carbocycles. The van der Waals surface area contributed by atoms with E-state index in [1.165, 1.54) is 6.07 Å². The Kier molecular flexibility index (Phi) is 8.34. The standard InChI is InChI=1S/C19H22F3N3O3/c1-2-27-9-10-28-13-16-14(6-7-17(25-16)19(20,21)22)12-24-18(26)11-15-5-3-4-8-23-15/h3-8H,2,9-13H2,1H3,(H,24,26). The Morgan fingerprint density at radius 3 is 2.61 bits per heavy atom. The second kappa shape index (κ2) is 10.7. The molecule has 0 atom stereocenters. The highest BCUT2D eigenvalue weighted by Crippen LogP contribution is 2.28. The maximum Gasteiger partial charge on any atom is 0.433 e. The number of aromatic nitrogens is 2. The van der Waals surface area contributed by atoms with Gasteiger partial charge in [-0.25, -0.2) is 4.98 Å². The Balaban J connectivity index is 2.01. The van der Waals surface area contributed by atoms with E-state index in [4.69, 9.17) is 9.47 Å². The van der Waals surface area contributed by atoms with Crippen molar-refractivity contribution in [1.29, 1.82) is 0 Å². The van der Waals surface area contributed by atoms with Crippen molar-refractivity contribution in [2.45, 2.75) is 32.7 Å². The predicted molar refractivity (Wildman–Crippen MR) is 95.2 cm³/mol. The third-order valence-corrected chi connectivity index (χ3v) is 3.72. The van der Waals surface area contributed by atoms with Crippen molar-refractivity contribution >= 4 is 5.91 Å². The number of alkyl halides is 3. The van der Waals surface area contributed by atoms with Crippen molar-refractivity contribution in [3.63, 3.8) is 0 Å².